The van der Waals surface area contributed by atoms with Gasteiger partial charge < -0.3 is 4.74 Å². The molecular formula is C27H28N2O4S2. The van der Waals surface area contributed by atoms with Crippen LogP contribution in [0.4, 0.5) is 0 Å². The molecule has 4 rings (SSSR count). The Morgan fingerprint density at radius 3 is 2.63 bits per heavy atom. The van der Waals surface area contributed by atoms with Crippen LogP contribution in [-0.2, 0) is 33.6 Å². The van der Waals surface area contributed by atoms with Gasteiger partial charge in [0.2, 0.25) is 0 Å². The third kappa shape index (κ3) is 7.08. The summed E-state index contributed by atoms with van der Waals surface area (Å²) in [4.78, 5) is 46.9. The lowest BCUT2D eigenvalue weighted by Crippen LogP contribution is -2.17. The number of esters is 1. The number of nitrogens with zero attached hydrogens (tertiary/aromatic N) is 2. The van der Waals surface area contributed by atoms with Gasteiger partial charge in [0, 0.05) is 24.1 Å². The molecule has 1 aromatic carbocycles. The van der Waals surface area contributed by atoms with Gasteiger partial charge in [0.15, 0.2) is 5.78 Å². The highest BCUT2D eigenvalue weighted by Gasteiger charge is 2.26. The summed E-state index contributed by atoms with van der Waals surface area (Å²) in [6.45, 7) is 2.09. The summed E-state index contributed by atoms with van der Waals surface area (Å²) in [7, 11) is 0. The number of ketones is 2. The maximum Gasteiger partial charge on any atom is 0.310 e. The smallest absolute Gasteiger partial charge is 0.310 e. The number of Topliss-reactive ketones (excluding diaryl/α,β-unsaturated/α-hetero) is 2. The first kappa shape index (κ1) is 25.3. The minimum Gasteiger partial charge on any atom is -0.466 e. The van der Waals surface area contributed by atoms with E-state index in [1.54, 1.807) is 25.4 Å². The highest BCUT2D eigenvalue weighted by Crippen LogP contribution is 2.32. The van der Waals surface area contributed by atoms with Crippen LogP contribution in [0.5, 0.6) is 0 Å². The molecule has 3 aromatic rings. The van der Waals surface area contributed by atoms with Crippen molar-refractivity contribution in [2.75, 3.05) is 6.61 Å². The van der Waals surface area contributed by atoms with E-state index in [0.717, 1.165) is 51.1 Å². The number of carbonyl (C=O) groups is 3. The number of hydrogen-bond acceptors (Lipinski definition) is 8. The van der Waals surface area contributed by atoms with Crippen molar-refractivity contribution >= 4 is 40.6 Å². The van der Waals surface area contributed by atoms with Crippen molar-refractivity contribution in [2.24, 2.45) is 5.92 Å². The van der Waals surface area contributed by atoms with Gasteiger partial charge in [-0.1, -0.05) is 42.8 Å². The second-order valence-corrected chi connectivity index (χ2v) is 11.0. The van der Waals surface area contributed by atoms with E-state index in [0.29, 0.717) is 12.2 Å². The Morgan fingerprint density at radius 2 is 1.89 bits per heavy atom. The molecule has 1 aliphatic rings. The van der Waals surface area contributed by atoms with Gasteiger partial charge in [-0.3, -0.25) is 14.4 Å². The molecule has 1 saturated carbocycles. The molecule has 182 valence electrons. The Hall–Kier alpha value is -2.84. The predicted octanol–water partition coefficient (Wildman–Crippen LogP) is 5.52. The Bertz CT molecular complexity index is 1190. The van der Waals surface area contributed by atoms with Crippen LogP contribution in [0.1, 0.15) is 59.1 Å². The molecule has 1 fully saturated rings. The fourth-order valence-electron chi connectivity index (χ4n) is 4.28. The zero-order valence-electron chi connectivity index (χ0n) is 19.7. The van der Waals surface area contributed by atoms with Crippen molar-refractivity contribution in [2.45, 2.75) is 61.1 Å². The average Bonchev–Trinajstić information content (AvgIpc) is 3.53. The number of aromatic nitrogens is 2. The number of thiazole rings is 1. The molecule has 8 heteroatoms. The van der Waals surface area contributed by atoms with Crippen LogP contribution in [0.3, 0.4) is 0 Å². The van der Waals surface area contributed by atoms with Crippen LogP contribution in [0, 0.1) is 5.92 Å². The summed E-state index contributed by atoms with van der Waals surface area (Å²) in [6.07, 6.45) is 7.87. The third-order valence-corrected chi connectivity index (χ3v) is 7.98. The van der Waals surface area contributed by atoms with Crippen LogP contribution < -0.4 is 0 Å². The molecule has 0 N–H and O–H groups in total. The maximum atomic E-state index is 13.3. The van der Waals surface area contributed by atoms with Crippen LogP contribution in [0.25, 0.3) is 0 Å². The van der Waals surface area contributed by atoms with Gasteiger partial charge in [0.1, 0.15) is 15.8 Å². The Labute approximate surface area is 213 Å². The minimum atomic E-state index is -0.321. The first-order chi connectivity index (χ1) is 17.0. The standard InChI is InChI=1S/C27H28N2O4S2/c1-2-33-25(31)14-18-10-11-20(22(13-18)27(32)19-7-3-4-8-19)15-21(30)16-24-29-17-26(35-24)34-23-9-5-6-12-28-23/h5-6,9-13,17,19H,2-4,7-8,14-16H2,1H3. The number of ether oxygens (including phenoxy) is 1. The fraction of sp³-hybridized carbons (Fsp3) is 0.370. The molecule has 0 spiro atoms. The summed E-state index contributed by atoms with van der Waals surface area (Å²) in [5.74, 6) is -0.239. The van der Waals surface area contributed by atoms with Gasteiger partial charge in [0.05, 0.1) is 29.9 Å². The highest BCUT2D eigenvalue weighted by atomic mass is 32.2. The number of hydrogen-bond donors (Lipinski definition) is 0. The van der Waals surface area contributed by atoms with E-state index < -0.39 is 0 Å². The SMILES string of the molecule is CCOC(=O)Cc1ccc(CC(=O)Cc2ncc(Sc3ccccn3)s2)c(C(=O)C2CCCC2)c1. The zero-order chi connectivity index (χ0) is 24.6. The molecular weight excluding hydrogens is 480 g/mol. The number of pyridine rings is 1. The van der Waals surface area contributed by atoms with E-state index in [9.17, 15) is 14.4 Å². The monoisotopic (exact) mass is 508 g/mol. The summed E-state index contributed by atoms with van der Waals surface area (Å²) in [6, 6.07) is 11.2. The van der Waals surface area contributed by atoms with E-state index in [1.807, 2.05) is 30.3 Å². The van der Waals surface area contributed by atoms with Crippen LogP contribution in [0.2, 0.25) is 0 Å². The second-order valence-electron chi connectivity index (χ2n) is 8.55. The second kappa shape index (κ2) is 12.2. The Morgan fingerprint density at radius 1 is 1.06 bits per heavy atom. The summed E-state index contributed by atoms with van der Waals surface area (Å²) < 4.78 is 6.04. The predicted molar refractivity (Wildman–Crippen MR) is 136 cm³/mol. The molecule has 35 heavy (non-hydrogen) atoms. The van der Waals surface area contributed by atoms with Gasteiger partial charge in [0.25, 0.3) is 0 Å². The topological polar surface area (TPSA) is 86.2 Å². The molecule has 0 atom stereocenters. The minimum absolute atomic E-state index is 0.00681. The molecule has 0 unspecified atom stereocenters. The van der Waals surface area contributed by atoms with Crippen LogP contribution in [-0.4, -0.2) is 34.1 Å². The van der Waals surface area contributed by atoms with Crippen molar-refractivity contribution in [3.63, 3.8) is 0 Å². The number of rotatable bonds is 11. The van der Waals surface area contributed by atoms with Crippen molar-refractivity contribution < 1.29 is 19.1 Å². The van der Waals surface area contributed by atoms with E-state index in [1.165, 1.54) is 23.1 Å². The first-order valence-corrected chi connectivity index (χ1v) is 13.5. The van der Waals surface area contributed by atoms with E-state index in [2.05, 4.69) is 9.97 Å². The molecule has 1 aliphatic carbocycles. The lowest BCUT2D eigenvalue weighted by Gasteiger charge is -2.14. The molecule has 2 aromatic heterocycles. The molecule has 0 saturated heterocycles. The molecule has 6 nitrogen and oxygen atoms in total. The van der Waals surface area contributed by atoms with Crippen LogP contribution >= 0.6 is 23.1 Å². The summed E-state index contributed by atoms with van der Waals surface area (Å²) in [5, 5.41) is 1.63. The molecule has 0 radical (unpaired) electrons. The van der Waals surface area contributed by atoms with Gasteiger partial charge >= 0.3 is 5.97 Å². The lowest BCUT2D eigenvalue weighted by atomic mass is 9.89. The lowest BCUT2D eigenvalue weighted by molar-refractivity contribution is -0.142. The summed E-state index contributed by atoms with van der Waals surface area (Å²) >= 11 is 3.00. The normalized spacial score (nSPS) is 13.6. The highest BCUT2D eigenvalue weighted by molar-refractivity contribution is 8.01. The Kier molecular flexibility index (Phi) is 8.82. The van der Waals surface area contributed by atoms with Gasteiger partial charge in [-0.25, -0.2) is 9.97 Å². The first-order valence-electron chi connectivity index (χ1n) is 11.9. The summed E-state index contributed by atoms with van der Waals surface area (Å²) in [5.41, 5.74) is 2.02. The van der Waals surface area contributed by atoms with Gasteiger partial charge in [-0.05, 0) is 49.1 Å². The van der Waals surface area contributed by atoms with E-state index >= 15 is 0 Å². The average molecular weight is 509 g/mol. The van der Waals surface area contributed by atoms with Crippen molar-refractivity contribution in [3.05, 3.63) is 70.5 Å². The quantitative estimate of drug-likeness (QED) is 0.249. The maximum absolute atomic E-state index is 13.3. The molecule has 0 aliphatic heterocycles. The Balaban J connectivity index is 1.46. The van der Waals surface area contributed by atoms with Crippen LogP contribution in [0.15, 0.2) is 58.0 Å². The fourth-order valence-corrected chi connectivity index (χ4v) is 6.24. The van der Waals surface area contributed by atoms with Crippen molar-refractivity contribution in [1.82, 2.24) is 9.97 Å². The molecule has 0 amide bonds. The number of benzene rings is 1. The molecule has 2 heterocycles. The van der Waals surface area contributed by atoms with E-state index in [4.69, 9.17) is 4.74 Å². The zero-order valence-corrected chi connectivity index (χ0v) is 21.3. The van der Waals surface area contributed by atoms with Crippen molar-refractivity contribution in [3.8, 4) is 0 Å². The van der Waals surface area contributed by atoms with Gasteiger partial charge in [-0.2, -0.15) is 0 Å². The number of carbonyl (C=O) groups excluding carboxylic acids is 3. The molecule has 0 bridgehead atoms. The van der Waals surface area contributed by atoms with Crippen molar-refractivity contribution in [1.29, 1.82) is 0 Å². The van der Waals surface area contributed by atoms with E-state index in [-0.39, 0.29) is 42.7 Å². The third-order valence-electron chi connectivity index (χ3n) is 5.93. The van der Waals surface area contributed by atoms with Gasteiger partial charge in [-0.15, -0.1) is 11.3 Å². The largest absolute Gasteiger partial charge is 0.466 e.